The molecule has 2 heterocycles. The van der Waals surface area contributed by atoms with E-state index in [-0.39, 0.29) is 12.3 Å². The maximum absolute atomic E-state index is 11.5. The molecule has 0 aliphatic heterocycles. The lowest BCUT2D eigenvalue weighted by molar-refractivity contribution is 0.0924. The van der Waals surface area contributed by atoms with Gasteiger partial charge in [0, 0.05) is 17.7 Å². The summed E-state index contributed by atoms with van der Waals surface area (Å²) >= 11 is 0. The minimum absolute atomic E-state index is 0.00546. The summed E-state index contributed by atoms with van der Waals surface area (Å²) in [6, 6.07) is 3.78. The van der Waals surface area contributed by atoms with Gasteiger partial charge >= 0.3 is 5.91 Å². The highest BCUT2D eigenvalue weighted by Crippen LogP contribution is 2.10. The predicted molar refractivity (Wildman–Crippen MR) is 60.8 cm³/mol. The van der Waals surface area contributed by atoms with Crippen LogP contribution in [-0.2, 0) is 6.54 Å². The number of hydrogen-bond donors (Lipinski definition) is 3. The minimum atomic E-state index is -0.610. The molecule has 8 nitrogen and oxygen atoms in total. The molecule has 0 radical (unpaired) electrons. The van der Waals surface area contributed by atoms with E-state index in [0.717, 1.165) is 16.8 Å². The number of hydrazine groups is 1. The molecule has 2 aromatic heterocycles. The average Bonchev–Trinajstić information content (AvgIpc) is 2.81. The first-order chi connectivity index (χ1) is 8.61. The smallest absolute Gasteiger partial charge is 0.301 e. The molecular weight excluding hydrogens is 240 g/mol. The van der Waals surface area contributed by atoms with Crippen molar-refractivity contribution in [2.75, 3.05) is 0 Å². The number of nitrogens with two attached hydrogens (primary N) is 1. The number of aromatic nitrogens is 2. The summed E-state index contributed by atoms with van der Waals surface area (Å²) in [5.74, 6) is 4.38. The zero-order chi connectivity index (χ0) is 13.1. The Kier molecular flexibility index (Phi) is 3.11. The molecular formula is C10H10N4O4. The van der Waals surface area contributed by atoms with E-state index in [9.17, 15) is 14.4 Å². The average molecular weight is 250 g/mol. The molecule has 1 amide bonds. The predicted octanol–water partition coefficient (Wildman–Crippen LogP) is -1.22. The molecule has 0 aliphatic rings. The van der Waals surface area contributed by atoms with Crippen LogP contribution in [0.4, 0.5) is 0 Å². The number of furan rings is 1. The second-order valence-corrected chi connectivity index (χ2v) is 3.48. The molecule has 0 bridgehead atoms. The van der Waals surface area contributed by atoms with Gasteiger partial charge in [-0.05, 0) is 6.07 Å². The number of nitrogens with one attached hydrogen (secondary N) is 2. The van der Waals surface area contributed by atoms with Gasteiger partial charge < -0.3 is 4.42 Å². The molecule has 2 aromatic rings. The fourth-order valence-corrected chi connectivity index (χ4v) is 1.48. The van der Waals surface area contributed by atoms with Crippen molar-refractivity contribution in [3.05, 3.63) is 56.5 Å². The van der Waals surface area contributed by atoms with E-state index in [1.165, 1.54) is 12.3 Å². The first-order valence-corrected chi connectivity index (χ1v) is 4.99. The van der Waals surface area contributed by atoms with Gasteiger partial charge in [0.1, 0.15) is 0 Å². The zero-order valence-corrected chi connectivity index (χ0v) is 9.17. The van der Waals surface area contributed by atoms with Crippen LogP contribution in [0.1, 0.15) is 16.1 Å². The van der Waals surface area contributed by atoms with Crippen molar-refractivity contribution < 1.29 is 9.21 Å². The van der Waals surface area contributed by atoms with Gasteiger partial charge in [-0.25, -0.2) is 10.5 Å². The van der Waals surface area contributed by atoms with Crippen molar-refractivity contribution in [3.8, 4) is 0 Å². The van der Waals surface area contributed by atoms with Gasteiger partial charge in [0.05, 0.1) is 12.8 Å². The summed E-state index contributed by atoms with van der Waals surface area (Å²) in [6.45, 7) is 0.00810. The molecule has 0 saturated carbocycles. The van der Waals surface area contributed by atoms with Crippen molar-refractivity contribution in [2.45, 2.75) is 6.54 Å². The van der Waals surface area contributed by atoms with Gasteiger partial charge in [-0.15, -0.1) is 0 Å². The third-order valence-corrected chi connectivity index (χ3v) is 2.30. The van der Waals surface area contributed by atoms with Crippen LogP contribution in [0.25, 0.3) is 0 Å². The quantitative estimate of drug-likeness (QED) is 0.358. The van der Waals surface area contributed by atoms with Crippen LogP contribution in [-0.4, -0.2) is 15.7 Å². The summed E-state index contributed by atoms with van der Waals surface area (Å²) in [7, 11) is 0. The lowest BCUT2D eigenvalue weighted by Crippen LogP contribution is -2.32. The van der Waals surface area contributed by atoms with E-state index in [0.29, 0.717) is 5.56 Å². The first kappa shape index (κ1) is 11.9. The van der Waals surface area contributed by atoms with E-state index < -0.39 is 17.0 Å². The SMILES string of the molecule is NNC(=O)c1occc1Cn1[nH]c(=O)ccc1=O. The van der Waals surface area contributed by atoms with Crippen molar-refractivity contribution in [2.24, 2.45) is 5.84 Å². The molecule has 0 fully saturated rings. The number of nitrogen functional groups attached to an aromatic ring is 1. The van der Waals surface area contributed by atoms with Gasteiger partial charge in [0.15, 0.2) is 5.76 Å². The maximum Gasteiger partial charge on any atom is 0.301 e. The van der Waals surface area contributed by atoms with Gasteiger partial charge in [0.25, 0.3) is 11.1 Å². The highest BCUT2D eigenvalue weighted by Gasteiger charge is 2.14. The maximum atomic E-state index is 11.5. The Labute approximate surface area is 100.0 Å². The number of carbonyl (C=O) groups is 1. The van der Waals surface area contributed by atoms with Gasteiger partial charge in [-0.2, -0.15) is 0 Å². The molecule has 94 valence electrons. The monoisotopic (exact) mass is 250 g/mol. The first-order valence-electron chi connectivity index (χ1n) is 4.99. The molecule has 0 aromatic carbocycles. The Morgan fingerprint density at radius 1 is 1.39 bits per heavy atom. The van der Waals surface area contributed by atoms with E-state index in [4.69, 9.17) is 10.3 Å². The number of nitrogens with zero attached hydrogens (tertiary/aromatic N) is 1. The standard InChI is InChI=1S/C10H10N4O4/c11-12-10(17)9-6(3-4-18-9)5-14-8(16)2-1-7(15)13-14/h1-4H,5,11H2,(H,12,17)(H,13,15). The molecule has 0 saturated heterocycles. The fraction of sp³-hybridized carbons (Fsp3) is 0.100. The molecule has 2 rings (SSSR count). The number of aromatic amines is 1. The Hall–Kier alpha value is -2.61. The number of amides is 1. The van der Waals surface area contributed by atoms with E-state index in [1.807, 2.05) is 5.43 Å². The highest BCUT2D eigenvalue weighted by atomic mass is 16.3. The van der Waals surface area contributed by atoms with Crippen LogP contribution in [0.5, 0.6) is 0 Å². The summed E-state index contributed by atoms with van der Waals surface area (Å²) < 4.78 is 6.03. The van der Waals surface area contributed by atoms with Crippen molar-refractivity contribution in [3.63, 3.8) is 0 Å². The molecule has 0 atom stereocenters. The van der Waals surface area contributed by atoms with Gasteiger partial charge in [-0.3, -0.25) is 24.9 Å². The minimum Gasteiger partial charge on any atom is -0.459 e. The Morgan fingerprint density at radius 2 is 2.17 bits per heavy atom. The molecule has 18 heavy (non-hydrogen) atoms. The highest BCUT2D eigenvalue weighted by molar-refractivity contribution is 5.92. The Bertz CT molecular complexity index is 681. The molecule has 0 spiro atoms. The summed E-state index contributed by atoms with van der Waals surface area (Å²) in [6.07, 6.45) is 1.30. The third-order valence-electron chi connectivity index (χ3n) is 2.30. The van der Waals surface area contributed by atoms with Gasteiger partial charge in [0.2, 0.25) is 0 Å². The van der Waals surface area contributed by atoms with Crippen molar-refractivity contribution in [1.29, 1.82) is 0 Å². The fourth-order valence-electron chi connectivity index (χ4n) is 1.48. The van der Waals surface area contributed by atoms with Crippen LogP contribution >= 0.6 is 0 Å². The second-order valence-electron chi connectivity index (χ2n) is 3.48. The second kappa shape index (κ2) is 4.72. The summed E-state index contributed by atoms with van der Waals surface area (Å²) in [4.78, 5) is 33.9. The molecule has 4 N–H and O–H groups in total. The zero-order valence-electron chi connectivity index (χ0n) is 9.17. The van der Waals surface area contributed by atoms with E-state index in [2.05, 4.69) is 5.10 Å². The summed E-state index contributed by atoms with van der Waals surface area (Å²) in [5, 5.41) is 2.34. The Morgan fingerprint density at radius 3 is 2.89 bits per heavy atom. The van der Waals surface area contributed by atoms with E-state index >= 15 is 0 Å². The van der Waals surface area contributed by atoms with Crippen LogP contribution in [0.2, 0.25) is 0 Å². The normalized spacial score (nSPS) is 10.3. The van der Waals surface area contributed by atoms with Crippen LogP contribution in [0, 0.1) is 0 Å². The Balaban J connectivity index is 2.38. The van der Waals surface area contributed by atoms with Gasteiger partial charge in [-0.1, -0.05) is 0 Å². The lowest BCUT2D eigenvalue weighted by Gasteiger charge is -2.04. The van der Waals surface area contributed by atoms with Crippen molar-refractivity contribution >= 4 is 5.91 Å². The number of H-pyrrole nitrogens is 1. The number of hydrogen-bond acceptors (Lipinski definition) is 5. The lowest BCUT2D eigenvalue weighted by atomic mass is 10.2. The molecule has 8 heteroatoms. The summed E-state index contributed by atoms with van der Waals surface area (Å²) in [5.41, 5.74) is 1.55. The largest absolute Gasteiger partial charge is 0.459 e. The topological polar surface area (TPSA) is 123 Å². The van der Waals surface area contributed by atoms with Crippen molar-refractivity contribution in [1.82, 2.24) is 15.2 Å². The third kappa shape index (κ3) is 2.23. The number of carbonyl (C=O) groups excluding carboxylic acids is 1. The van der Waals surface area contributed by atoms with E-state index in [1.54, 1.807) is 0 Å². The van der Waals surface area contributed by atoms with Crippen LogP contribution < -0.4 is 22.4 Å². The van der Waals surface area contributed by atoms with Crippen LogP contribution in [0.3, 0.4) is 0 Å². The van der Waals surface area contributed by atoms with Crippen LogP contribution in [0.15, 0.2) is 38.5 Å². The molecule has 0 aliphatic carbocycles. The molecule has 0 unspecified atom stereocenters. The number of rotatable bonds is 3.